The number of halogens is 1. The van der Waals surface area contributed by atoms with Gasteiger partial charge in [-0.25, -0.2) is 9.55 Å². The van der Waals surface area contributed by atoms with Gasteiger partial charge in [-0.05, 0) is 129 Å². The Balaban J connectivity index is 0.000000386. The average Bonchev–Trinajstić information content (AvgIpc) is 3.90. The van der Waals surface area contributed by atoms with Crippen LogP contribution in [0.15, 0.2) is 141 Å². The fourth-order valence-electron chi connectivity index (χ4n) is 7.15. The normalized spacial score (nSPS) is 10.9. The Hall–Kier alpha value is -5.89. The summed E-state index contributed by atoms with van der Waals surface area (Å²) in [6.45, 7) is 11.3. The van der Waals surface area contributed by atoms with Crippen molar-refractivity contribution in [1.29, 1.82) is 0 Å². The Morgan fingerprint density at radius 1 is 0.691 bits per heavy atom. The van der Waals surface area contributed by atoms with Gasteiger partial charge in [0.05, 0.1) is 43.3 Å². The van der Waals surface area contributed by atoms with Crippen LogP contribution in [-0.4, -0.2) is 61.1 Å². The molecule has 0 aromatic carbocycles. The molecule has 7 heterocycles. The van der Waals surface area contributed by atoms with Crippen molar-refractivity contribution in [2.24, 2.45) is 0 Å². The minimum atomic E-state index is 0. The molecule has 0 radical (unpaired) electrons. The third-order valence-corrected chi connectivity index (χ3v) is 10.9. The Labute approximate surface area is 420 Å². The third-order valence-electron chi connectivity index (χ3n) is 10.9. The van der Waals surface area contributed by atoms with Gasteiger partial charge < -0.3 is 19.4 Å². The second-order valence-corrected chi connectivity index (χ2v) is 15.8. The van der Waals surface area contributed by atoms with Crippen molar-refractivity contribution in [2.45, 2.75) is 112 Å². The quantitative estimate of drug-likeness (QED) is 0.0620. The second-order valence-electron chi connectivity index (χ2n) is 15.8. The number of imidazole rings is 1. The number of nitrogens with zero attached hydrogens (tertiary/aromatic N) is 8. The summed E-state index contributed by atoms with van der Waals surface area (Å²) in [5.41, 5.74) is 8.60. The Morgan fingerprint density at radius 3 is 1.74 bits per heavy atom. The van der Waals surface area contributed by atoms with E-state index in [1.807, 2.05) is 71.9 Å². The van der Waals surface area contributed by atoms with Crippen molar-refractivity contribution >= 4 is 15.5 Å². The SMILES string of the molecule is C.C.CCC(CC(C)c1cc[n+](CCCCCC(=O)NCCCn2ccnc2)cc1)c1ccncc1.COc1ccnc(-c2cc(OC)ccn2)c1.Cc1ccnc(-c2cc(C)ccn2)c1.[Cl][Os]. The second kappa shape index (κ2) is 33.6. The first-order valence-electron chi connectivity index (χ1n) is 22.4. The number of unbranched alkanes of at least 4 members (excludes halogenated alkanes) is 2. The van der Waals surface area contributed by atoms with Gasteiger partial charge in [0.1, 0.15) is 18.0 Å². The summed E-state index contributed by atoms with van der Waals surface area (Å²) in [5.74, 6) is 2.77. The van der Waals surface area contributed by atoms with Crippen LogP contribution in [0.4, 0.5) is 0 Å². The first kappa shape index (κ1) is 58.2. The predicted octanol–water partition coefficient (Wildman–Crippen LogP) is 11.9. The molecule has 2 atom stereocenters. The number of hydrogen-bond donors (Lipinski definition) is 1. The number of rotatable bonds is 19. The Bertz CT molecular complexity index is 2320. The molecule has 7 aromatic rings. The number of ether oxygens (including phenoxy) is 2. The van der Waals surface area contributed by atoms with Crippen LogP contribution in [0.25, 0.3) is 22.8 Å². The van der Waals surface area contributed by atoms with Crippen molar-refractivity contribution < 1.29 is 36.4 Å². The zero-order valence-corrected chi connectivity index (χ0v) is 42.3. The zero-order chi connectivity index (χ0) is 47.4. The van der Waals surface area contributed by atoms with Gasteiger partial charge in [0.2, 0.25) is 5.91 Å². The molecule has 0 aliphatic carbocycles. The number of pyridine rings is 6. The number of amides is 1. The molecular weight excluding hydrogens is 1050 g/mol. The molecule has 0 spiro atoms. The molecule has 0 aliphatic heterocycles. The first-order chi connectivity index (χ1) is 32.2. The van der Waals surface area contributed by atoms with Crippen LogP contribution in [0, 0.1) is 13.8 Å². The van der Waals surface area contributed by atoms with Crippen LogP contribution >= 0.6 is 9.64 Å². The van der Waals surface area contributed by atoms with Gasteiger partial charge in [0.25, 0.3) is 0 Å². The van der Waals surface area contributed by atoms with Crippen molar-refractivity contribution in [3.63, 3.8) is 0 Å². The van der Waals surface area contributed by atoms with E-state index < -0.39 is 0 Å². The van der Waals surface area contributed by atoms with E-state index in [-0.39, 0.29) is 20.8 Å². The average molecular weight is 1120 g/mol. The molecule has 7 aromatic heterocycles. The molecule has 68 heavy (non-hydrogen) atoms. The van der Waals surface area contributed by atoms with Gasteiger partial charge in [-0.2, -0.15) is 0 Å². The van der Waals surface area contributed by atoms with Gasteiger partial charge in [0.15, 0.2) is 12.4 Å². The van der Waals surface area contributed by atoms with Gasteiger partial charge in [0, 0.05) is 99.8 Å². The number of aromatic nitrogens is 8. The molecule has 1 N–H and O–H groups in total. The number of aryl methyl sites for hydroxylation is 4. The summed E-state index contributed by atoms with van der Waals surface area (Å²) in [6, 6.07) is 24.1. The maximum absolute atomic E-state index is 12.0. The summed E-state index contributed by atoms with van der Waals surface area (Å²) in [7, 11) is 7.91. The van der Waals surface area contributed by atoms with Crippen molar-refractivity contribution in [1.82, 2.24) is 39.8 Å². The van der Waals surface area contributed by atoms with E-state index in [9.17, 15) is 4.79 Å². The van der Waals surface area contributed by atoms with Gasteiger partial charge in [-0.1, -0.05) is 28.7 Å². The van der Waals surface area contributed by atoms with Crippen LogP contribution in [0.1, 0.15) is 108 Å². The van der Waals surface area contributed by atoms with E-state index in [0.29, 0.717) is 18.3 Å². The van der Waals surface area contributed by atoms with Crippen molar-refractivity contribution in [2.75, 3.05) is 20.8 Å². The fourth-order valence-corrected chi connectivity index (χ4v) is 7.15. The number of carbonyl (C=O) groups is 1. The van der Waals surface area contributed by atoms with Crippen molar-refractivity contribution in [3.05, 3.63) is 163 Å². The van der Waals surface area contributed by atoms with E-state index in [1.165, 1.54) is 39.9 Å². The number of carbonyl (C=O) groups excluding carboxylic acids is 1. The molecule has 0 fully saturated rings. The van der Waals surface area contributed by atoms with Crippen molar-refractivity contribution in [3.8, 4) is 34.3 Å². The molecule has 0 bridgehead atoms. The molecule has 1 amide bonds. The number of nitrogens with one attached hydrogen (secondary N) is 1. The zero-order valence-electron chi connectivity index (χ0n) is 39.0. The van der Waals surface area contributed by atoms with E-state index in [1.54, 1.807) is 51.3 Å². The van der Waals surface area contributed by atoms with Crippen LogP contribution in [0.2, 0.25) is 0 Å². The van der Waals surface area contributed by atoms with Crippen LogP contribution in [0.3, 0.4) is 0 Å². The summed E-state index contributed by atoms with van der Waals surface area (Å²) in [6.07, 6.45) is 27.7. The molecule has 7 rings (SSSR count). The topological polar surface area (TPSA) is 134 Å². The van der Waals surface area contributed by atoms with E-state index in [0.717, 1.165) is 92.4 Å². The molecule has 0 saturated heterocycles. The van der Waals surface area contributed by atoms with E-state index in [4.69, 9.17) is 9.47 Å². The molecule has 365 valence electrons. The summed E-state index contributed by atoms with van der Waals surface area (Å²) >= 11 is 1.33. The molecule has 12 nitrogen and oxygen atoms in total. The molecule has 0 aliphatic rings. The maximum atomic E-state index is 12.0. The number of hydrogen-bond acceptors (Lipinski definition) is 9. The molecule has 0 saturated carbocycles. The third kappa shape index (κ3) is 21.0. The van der Waals surface area contributed by atoms with Gasteiger partial charge >= 0.3 is 27.2 Å². The first-order valence-corrected chi connectivity index (χ1v) is 25.5. The number of methoxy groups -OCH3 is 2. The summed E-state index contributed by atoms with van der Waals surface area (Å²) in [5, 5.41) is 3.02. The minimum absolute atomic E-state index is 0. The monoisotopic (exact) mass is 1120 g/mol. The Kier molecular flexibility index (Phi) is 28.7. The van der Waals surface area contributed by atoms with Crippen LogP contribution < -0.4 is 19.4 Å². The molecule has 14 heteroatoms. The van der Waals surface area contributed by atoms with E-state index >= 15 is 0 Å². The standard InChI is InChI=1S/C28H39N5O.C12H12N2O2.C12H12N2.2CH4.ClH.Os/c1-3-25(27-9-14-29-15-10-27)22-24(2)26-11-19-32(20-12-26)17-6-4-5-8-28(34)31-13-7-18-33-21-16-30-23-33;1-15-9-3-5-13-11(7-9)12-8-10(16-2)4-6-14-12;1-9-3-5-13-11(7-9)12-8-10(2)4-6-14-12;;;;/h9-12,14-16,19-21,23-25H,3-8,13,17-18,22H2,1-2H3;3-8H,1-2H3;3-8H,1-2H3;2*1H4;1H;/q;;;;;;+1. The van der Waals surface area contributed by atoms with Crippen LogP contribution in [-0.2, 0) is 35.5 Å². The molecular formula is C54H72ClN9O3Os+. The summed E-state index contributed by atoms with van der Waals surface area (Å²) in [4.78, 5) is 37.2. The fraction of sp³-hybridized carbons (Fsp3) is 0.370. The van der Waals surface area contributed by atoms with Gasteiger partial charge in [-0.3, -0.25) is 29.7 Å². The molecule has 2 unspecified atom stereocenters. The predicted molar refractivity (Wildman–Crippen MR) is 272 cm³/mol. The summed E-state index contributed by atoms with van der Waals surface area (Å²) < 4.78 is 14.6. The van der Waals surface area contributed by atoms with Crippen LogP contribution in [0.5, 0.6) is 11.5 Å². The van der Waals surface area contributed by atoms with Gasteiger partial charge in [-0.15, -0.1) is 0 Å². The Morgan fingerprint density at radius 2 is 1.24 bits per heavy atom. The van der Waals surface area contributed by atoms with E-state index in [2.05, 4.69) is 114 Å².